The zero-order valence-corrected chi connectivity index (χ0v) is 7.50. The minimum atomic E-state index is 0.625. The molecule has 0 radical (unpaired) electrons. The van der Waals surface area contributed by atoms with Crippen LogP contribution in [0, 0.1) is 17.8 Å². The predicted molar refractivity (Wildman–Crippen MR) is 47.4 cm³/mol. The van der Waals surface area contributed by atoms with Gasteiger partial charge in [0.2, 0.25) is 5.89 Å². The first-order chi connectivity index (χ1) is 5.79. The van der Waals surface area contributed by atoms with Crippen molar-refractivity contribution in [3.05, 3.63) is 18.4 Å². The van der Waals surface area contributed by atoms with E-state index in [1.807, 2.05) is 0 Å². The highest BCUT2D eigenvalue weighted by atomic mass is 16.3. The highest BCUT2D eigenvalue weighted by Crippen LogP contribution is 1.97. The summed E-state index contributed by atoms with van der Waals surface area (Å²) in [6, 6.07) is 0. The molecule has 12 heavy (non-hydrogen) atoms. The molecule has 0 N–H and O–H groups in total. The van der Waals surface area contributed by atoms with E-state index in [0.717, 1.165) is 6.42 Å². The Bertz CT molecular complexity index is 264. The molecule has 0 atom stereocenters. The lowest BCUT2D eigenvalue weighted by atomic mass is 10.1. The fraction of sp³-hybridized carbons (Fsp3) is 0.500. The van der Waals surface area contributed by atoms with Gasteiger partial charge in [-0.15, -0.1) is 5.92 Å². The van der Waals surface area contributed by atoms with Gasteiger partial charge >= 0.3 is 0 Å². The topological polar surface area (TPSA) is 26.0 Å². The summed E-state index contributed by atoms with van der Waals surface area (Å²) in [6.07, 6.45) is 4.78. The van der Waals surface area contributed by atoms with Gasteiger partial charge in [0.25, 0.3) is 0 Å². The summed E-state index contributed by atoms with van der Waals surface area (Å²) in [5.41, 5.74) is 0. The van der Waals surface area contributed by atoms with Crippen LogP contribution in [0.3, 0.4) is 0 Å². The van der Waals surface area contributed by atoms with Crippen LogP contribution < -0.4 is 0 Å². The maximum absolute atomic E-state index is 5.03. The molecule has 0 aliphatic heterocycles. The Hall–Kier alpha value is -1.23. The van der Waals surface area contributed by atoms with Gasteiger partial charge in [0, 0.05) is 6.42 Å². The summed E-state index contributed by atoms with van der Waals surface area (Å²) in [4.78, 5) is 3.96. The number of rotatable bonds is 2. The number of hydrogen-bond donors (Lipinski definition) is 0. The smallest absolute Gasteiger partial charge is 0.205 e. The second kappa shape index (κ2) is 4.61. The van der Waals surface area contributed by atoms with Crippen LogP contribution in [0.5, 0.6) is 0 Å². The van der Waals surface area contributed by atoms with Crippen LogP contribution >= 0.6 is 0 Å². The molecular formula is C10H13NO. The fourth-order valence-electron chi connectivity index (χ4n) is 0.755. The van der Waals surface area contributed by atoms with Crippen molar-refractivity contribution in [2.45, 2.75) is 26.7 Å². The van der Waals surface area contributed by atoms with Crippen LogP contribution in [0.2, 0.25) is 0 Å². The number of aromatic nitrogens is 1. The fourth-order valence-corrected chi connectivity index (χ4v) is 0.755. The first-order valence-electron chi connectivity index (χ1n) is 4.13. The SMILES string of the molecule is CC(C)CC#CCc1ncco1. The van der Waals surface area contributed by atoms with Gasteiger partial charge in [0.05, 0.1) is 12.6 Å². The molecule has 2 nitrogen and oxygen atoms in total. The summed E-state index contributed by atoms with van der Waals surface area (Å²) in [7, 11) is 0. The Morgan fingerprint density at radius 3 is 2.92 bits per heavy atom. The summed E-state index contributed by atoms with van der Waals surface area (Å²) < 4.78 is 5.03. The summed E-state index contributed by atoms with van der Waals surface area (Å²) >= 11 is 0. The molecule has 0 aromatic carbocycles. The van der Waals surface area contributed by atoms with Crippen molar-refractivity contribution in [1.82, 2.24) is 4.98 Å². The van der Waals surface area contributed by atoms with Crippen molar-refractivity contribution in [3.8, 4) is 11.8 Å². The van der Waals surface area contributed by atoms with Crippen molar-refractivity contribution >= 4 is 0 Å². The van der Waals surface area contributed by atoms with Crippen LogP contribution in [0.1, 0.15) is 26.2 Å². The van der Waals surface area contributed by atoms with Gasteiger partial charge in [-0.2, -0.15) is 0 Å². The van der Waals surface area contributed by atoms with Gasteiger partial charge in [0.1, 0.15) is 6.26 Å². The van der Waals surface area contributed by atoms with Crippen molar-refractivity contribution in [3.63, 3.8) is 0 Å². The monoisotopic (exact) mass is 163 g/mol. The Morgan fingerprint density at radius 2 is 2.33 bits per heavy atom. The molecule has 0 spiro atoms. The number of nitrogens with zero attached hydrogens (tertiary/aromatic N) is 1. The Kier molecular flexibility index (Phi) is 3.40. The van der Waals surface area contributed by atoms with E-state index in [4.69, 9.17) is 4.42 Å². The van der Waals surface area contributed by atoms with Crippen LogP contribution in [-0.2, 0) is 6.42 Å². The zero-order chi connectivity index (χ0) is 8.81. The van der Waals surface area contributed by atoms with Gasteiger partial charge in [-0.3, -0.25) is 0 Å². The van der Waals surface area contributed by atoms with Crippen molar-refractivity contribution < 1.29 is 4.42 Å². The van der Waals surface area contributed by atoms with E-state index in [0.29, 0.717) is 18.2 Å². The molecule has 0 amide bonds. The molecule has 64 valence electrons. The average molecular weight is 163 g/mol. The normalized spacial score (nSPS) is 9.58. The minimum Gasteiger partial charge on any atom is -0.448 e. The number of hydrogen-bond acceptors (Lipinski definition) is 2. The van der Waals surface area contributed by atoms with E-state index in [1.165, 1.54) is 0 Å². The molecule has 1 aromatic heterocycles. The summed E-state index contributed by atoms with van der Waals surface area (Å²) in [5.74, 6) is 7.43. The molecule has 0 saturated carbocycles. The van der Waals surface area contributed by atoms with Crippen LogP contribution in [-0.4, -0.2) is 4.98 Å². The summed E-state index contributed by atoms with van der Waals surface area (Å²) in [6.45, 7) is 4.31. The van der Waals surface area contributed by atoms with Crippen molar-refractivity contribution in [2.75, 3.05) is 0 Å². The molecule has 0 bridgehead atoms. The van der Waals surface area contributed by atoms with Crippen LogP contribution in [0.15, 0.2) is 16.9 Å². The lowest BCUT2D eigenvalue weighted by Gasteiger charge is -1.92. The maximum Gasteiger partial charge on any atom is 0.205 e. The highest BCUT2D eigenvalue weighted by Gasteiger charge is 1.91. The number of oxazole rings is 1. The lowest BCUT2D eigenvalue weighted by Crippen LogP contribution is -1.83. The minimum absolute atomic E-state index is 0.625. The second-order valence-corrected chi connectivity index (χ2v) is 3.05. The Labute approximate surface area is 73.0 Å². The average Bonchev–Trinajstić information content (AvgIpc) is 2.49. The molecule has 0 unspecified atom stereocenters. The highest BCUT2D eigenvalue weighted by molar-refractivity contribution is 5.05. The maximum atomic E-state index is 5.03. The quantitative estimate of drug-likeness (QED) is 0.625. The van der Waals surface area contributed by atoms with E-state index in [1.54, 1.807) is 12.5 Å². The van der Waals surface area contributed by atoms with Gasteiger partial charge < -0.3 is 4.42 Å². The third-order valence-corrected chi connectivity index (χ3v) is 1.36. The van der Waals surface area contributed by atoms with E-state index >= 15 is 0 Å². The van der Waals surface area contributed by atoms with Crippen molar-refractivity contribution in [2.24, 2.45) is 5.92 Å². The Balaban J connectivity index is 2.29. The van der Waals surface area contributed by atoms with E-state index in [9.17, 15) is 0 Å². The largest absolute Gasteiger partial charge is 0.448 e. The molecule has 0 saturated heterocycles. The molecule has 0 aliphatic carbocycles. The van der Waals surface area contributed by atoms with E-state index < -0.39 is 0 Å². The molecule has 0 aliphatic rings. The molecule has 1 heterocycles. The third kappa shape index (κ3) is 3.25. The van der Waals surface area contributed by atoms with Gasteiger partial charge in [-0.25, -0.2) is 4.98 Å². The van der Waals surface area contributed by atoms with Gasteiger partial charge in [-0.05, 0) is 5.92 Å². The third-order valence-electron chi connectivity index (χ3n) is 1.36. The van der Waals surface area contributed by atoms with E-state index in [-0.39, 0.29) is 0 Å². The predicted octanol–water partition coefficient (Wildman–Crippen LogP) is 2.27. The van der Waals surface area contributed by atoms with E-state index in [2.05, 4.69) is 30.7 Å². The Morgan fingerprint density at radius 1 is 1.50 bits per heavy atom. The molecule has 0 fully saturated rings. The molecule has 2 heteroatoms. The van der Waals surface area contributed by atoms with Crippen molar-refractivity contribution in [1.29, 1.82) is 0 Å². The molecule has 1 rings (SSSR count). The van der Waals surface area contributed by atoms with Gasteiger partial charge in [0.15, 0.2) is 0 Å². The zero-order valence-electron chi connectivity index (χ0n) is 7.50. The van der Waals surface area contributed by atoms with Crippen LogP contribution in [0.4, 0.5) is 0 Å². The second-order valence-electron chi connectivity index (χ2n) is 3.05. The van der Waals surface area contributed by atoms with Gasteiger partial charge in [-0.1, -0.05) is 19.8 Å². The first kappa shape index (κ1) is 8.86. The standard InChI is InChI=1S/C10H13NO/c1-9(2)5-3-4-6-10-11-7-8-12-10/h7-9H,5-6H2,1-2H3. The summed E-state index contributed by atoms with van der Waals surface area (Å²) in [5, 5.41) is 0. The lowest BCUT2D eigenvalue weighted by molar-refractivity contribution is 0.511. The van der Waals surface area contributed by atoms with Crippen LogP contribution in [0.25, 0.3) is 0 Å². The molecular weight excluding hydrogens is 150 g/mol. The first-order valence-corrected chi connectivity index (χ1v) is 4.13. The molecule has 1 aromatic rings.